The predicted molar refractivity (Wildman–Crippen MR) is 173 cm³/mol. The van der Waals surface area contributed by atoms with Gasteiger partial charge in [-0.15, -0.1) is 0 Å². The molecule has 46 heavy (non-hydrogen) atoms. The van der Waals surface area contributed by atoms with E-state index in [0.717, 1.165) is 22.2 Å². The maximum absolute atomic E-state index is 12.9. The highest BCUT2D eigenvalue weighted by Gasteiger charge is 2.33. The number of phenols is 1. The summed E-state index contributed by atoms with van der Waals surface area (Å²) in [4.78, 5) is 23.7. The molecule has 0 radical (unpaired) electrons. The van der Waals surface area contributed by atoms with Gasteiger partial charge >= 0.3 is 0 Å². The van der Waals surface area contributed by atoms with E-state index in [4.69, 9.17) is 9.47 Å². The summed E-state index contributed by atoms with van der Waals surface area (Å²) in [5.74, 6) is -0.253. The summed E-state index contributed by atoms with van der Waals surface area (Å²) in [6.07, 6.45) is 0.0885. The van der Waals surface area contributed by atoms with Gasteiger partial charge in [-0.05, 0) is 60.1 Å². The Hall–Kier alpha value is -4.71. The molecule has 0 spiro atoms. The van der Waals surface area contributed by atoms with Gasteiger partial charge in [0, 0.05) is 30.8 Å². The fourth-order valence-corrected chi connectivity index (χ4v) is 5.57. The van der Waals surface area contributed by atoms with Crippen molar-refractivity contribution in [3.8, 4) is 5.75 Å². The van der Waals surface area contributed by atoms with Crippen LogP contribution in [-0.4, -0.2) is 62.3 Å². The van der Waals surface area contributed by atoms with Gasteiger partial charge in [0.05, 0.1) is 42.1 Å². The third-order valence-corrected chi connectivity index (χ3v) is 7.99. The van der Waals surface area contributed by atoms with Crippen LogP contribution in [0.2, 0.25) is 0 Å². The summed E-state index contributed by atoms with van der Waals surface area (Å²) < 4.78 is 12.9. The van der Waals surface area contributed by atoms with Crippen LogP contribution < -0.4 is 5.32 Å². The Kier molecular flexibility index (Phi) is 9.62. The zero-order chi connectivity index (χ0) is 32.0. The van der Waals surface area contributed by atoms with Crippen LogP contribution in [0.3, 0.4) is 0 Å². The Morgan fingerprint density at radius 3 is 2.43 bits per heavy atom. The number of carbonyl (C=O) groups is 1. The van der Waals surface area contributed by atoms with Crippen LogP contribution in [0.25, 0.3) is 11.0 Å². The zero-order valence-corrected chi connectivity index (χ0v) is 25.4. The molecule has 4 unspecified atom stereocenters. The van der Waals surface area contributed by atoms with E-state index in [1.54, 1.807) is 36.4 Å². The van der Waals surface area contributed by atoms with Gasteiger partial charge in [0.2, 0.25) is 0 Å². The molecule has 1 aliphatic rings. The second kappa shape index (κ2) is 14.2. The molecule has 5 aromatic rings. The number of para-hydroxylation sites is 2. The van der Waals surface area contributed by atoms with Crippen molar-refractivity contribution in [3.05, 3.63) is 131 Å². The molecule has 1 fully saturated rings. The first-order chi connectivity index (χ1) is 22.3. The van der Waals surface area contributed by atoms with Gasteiger partial charge in [0.15, 0.2) is 6.29 Å². The van der Waals surface area contributed by atoms with Gasteiger partial charge in [0.25, 0.3) is 5.91 Å². The predicted octanol–water partition coefficient (Wildman–Crippen LogP) is 5.29. The summed E-state index contributed by atoms with van der Waals surface area (Å²) in [6, 6.07) is 29.0. The zero-order valence-electron chi connectivity index (χ0n) is 25.4. The fraction of sp³-hybridized carbons (Fsp3) is 0.250. The molecule has 6 rings (SSSR count). The normalized spacial score (nSPS) is 18.8. The Labute approximate surface area is 266 Å². The van der Waals surface area contributed by atoms with Gasteiger partial charge in [-0.3, -0.25) is 9.78 Å². The summed E-state index contributed by atoms with van der Waals surface area (Å²) >= 11 is 0. The first-order valence-electron chi connectivity index (χ1n) is 15.1. The highest BCUT2D eigenvalue weighted by atomic mass is 16.7. The number of carbonyl (C=O) groups excluding carboxylic acids is 1. The molecule has 2 heterocycles. The van der Waals surface area contributed by atoms with E-state index >= 15 is 0 Å². The molecule has 1 saturated heterocycles. The molecule has 10 heteroatoms. The lowest BCUT2D eigenvalue weighted by Crippen LogP contribution is -2.39. The summed E-state index contributed by atoms with van der Waals surface area (Å²) in [5, 5.41) is 33.0. The molecule has 236 valence electrons. The van der Waals surface area contributed by atoms with E-state index in [0.29, 0.717) is 36.3 Å². The number of anilines is 1. The minimum atomic E-state index is -0.780. The molecule has 0 saturated carbocycles. The van der Waals surface area contributed by atoms with Crippen molar-refractivity contribution in [2.75, 3.05) is 25.5 Å². The number of aliphatic hydroxyl groups excluding tert-OH is 2. The maximum atomic E-state index is 12.9. The second-order valence-corrected chi connectivity index (χ2v) is 11.5. The summed E-state index contributed by atoms with van der Waals surface area (Å²) in [5.41, 5.74) is 5.38. The standard InChI is InChI=1S/C36H36N4O6/c1-40(21-33(43)26-5-4-6-28(42)17-26)20-29-18-34(24-11-9-23(22-41)10-12-24)46-36(45-29)25-13-15-27(16-14-25)38-35(44)32-19-37-30-7-2-3-8-31(30)39-32/h2-17,19,29,33-34,36,41-43H,18,20-22H2,1H3,(H,38,44). The third kappa shape index (κ3) is 7.56. The SMILES string of the molecule is CN(CC1CC(c2ccc(CO)cc2)OC(c2ccc(NC(=O)c3cnc4ccccc4n3)cc2)O1)CC(O)c1cccc(O)c1. The van der Waals surface area contributed by atoms with E-state index < -0.39 is 12.4 Å². The number of nitrogens with zero attached hydrogens (tertiary/aromatic N) is 3. The lowest BCUT2D eigenvalue weighted by atomic mass is 9.99. The number of aromatic hydroxyl groups is 1. The van der Waals surface area contributed by atoms with E-state index in [1.807, 2.05) is 72.6 Å². The van der Waals surface area contributed by atoms with Crippen LogP contribution in [-0.2, 0) is 16.1 Å². The number of phenolic OH excluding ortho intramolecular Hbond substituents is 1. The molecule has 1 amide bonds. The van der Waals surface area contributed by atoms with Crippen molar-refractivity contribution in [1.29, 1.82) is 0 Å². The lowest BCUT2D eigenvalue weighted by molar-refractivity contribution is -0.252. The van der Waals surface area contributed by atoms with Crippen molar-refractivity contribution >= 4 is 22.6 Å². The second-order valence-electron chi connectivity index (χ2n) is 11.5. The van der Waals surface area contributed by atoms with Crippen LogP contribution in [0.15, 0.2) is 103 Å². The van der Waals surface area contributed by atoms with Gasteiger partial charge in [-0.1, -0.05) is 60.7 Å². The van der Waals surface area contributed by atoms with E-state index in [-0.39, 0.29) is 36.2 Å². The van der Waals surface area contributed by atoms with E-state index in [9.17, 15) is 20.1 Å². The number of aromatic nitrogens is 2. The summed E-state index contributed by atoms with van der Waals surface area (Å²) in [7, 11) is 1.92. The van der Waals surface area contributed by atoms with Crippen molar-refractivity contribution in [1.82, 2.24) is 14.9 Å². The highest BCUT2D eigenvalue weighted by molar-refractivity contribution is 6.03. The van der Waals surface area contributed by atoms with Crippen molar-refractivity contribution in [2.45, 2.75) is 37.6 Å². The Morgan fingerprint density at radius 2 is 1.70 bits per heavy atom. The monoisotopic (exact) mass is 620 g/mol. The fourth-order valence-electron chi connectivity index (χ4n) is 5.57. The Bertz CT molecular complexity index is 1780. The molecule has 4 aromatic carbocycles. The van der Waals surface area contributed by atoms with Crippen LogP contribution in [0.4, 0.5) is 5.69 Å². The van der Waals surface area contributed by atoms with E-state index in [1.165, 1.54) is 6.20 Å². The summed E-state index contributed by atoms with van der Waals surface area (Å²) in [6.45, 7) is 0.839. The number of likely N-dealkylation sites (N-methyl/N-ethyl adjacent to an activating group) is 1. The molecule has 0 bridgehead atoms. The molecular weight excluding hydrogens is 584 g/mol. The number of benzene rings is 4. The van der Waals surface area contributed by atoms with Crippen LogP contribution in [0, 0.1) is 0 Å². The number of fused-ring (bicyclic) bond motifs is 1. The Morgan fingerprint density at radius 1 is 0.957 bits per heavy atom. The Balaban J connectivity index is 1.15. The van der Waals surface area contributed by atoms with Crippen LogP contribution >= 0.6 is 0 Å². The smallest absolute Gasteiger partial charge is 0.275 e. The molecule has 1 aliphatic heterocycles. The molecule has 0 aliphatic carbocycles. The number of ether oxygens (including phenoxy) is 2. The number of amides is 1. The third-order valence-electron chi connectivity index (χ3n) is 7.99. The topological polar surface area (TPSA) is 137 Å². The largest absolute Gasteiger partial charge is 0.508 e. The molecular formula is C36H36N4O6. The minimum Gasteiger partial charge on any atom is -0.508 e. The number of hydrogen-bond acceptors (Lipinski definition) is 9. The van der Waals surface area contributed by atoms with Gasteiger partial charge in [-0.2, -0.15) is 0 Å². The highest BCUT2D eigenvalue weighted by Crippen LogP contribution is 2.38. The van der Waals surface area contributed by atoms with E-state index in [2.05, 4.69) is 15.3 Å². The van der Waals surface area contributed by atoms with Crippen LogP contribution in [0.5, 0.6) is 5.75 Å². The first kappa shape index (κ1) is 31.3. The molecule has 4 N–H and O–H groups in total. The molecule has 4 atom stereocenters. The average molecular weight is 621 g/mol. The van der Waals surface area contributed by atoms with Gasteiger partial charge in [0.1, 0.15) is 11.4 Å². The average Bonchev–Trinajstić information content (AvgIpc) is 3.08. The molecule has 10 nitrogen and oxygen atoms in total. The molecule has 1 aromatic heterocycles. The number of nitrogens with one attached hydrogen (secondary N) is 1. The van der Waals surface area contributed by atoms with Gasteiger partial charge < -0.3 is 35.0 Å². The lowest BCUT2D eigenvalue weighted by Gasteiger charge is -2.38. The number of aliphatic hydroxyl groups is 2. The van der Waals surface area contributed by atoms with Crippen molar-refractivity contribution < 1.29 is 29.6 Å². The van der Waals surface area contributed by atoms with Crippen molar-refractivity contribution in [3.63, 3.8) is 0 Å². The number of rotatable bonds is 10. The minimum absolute atomic E-state index is 0.0389. The van der Waals surface area contributed by atoms with Crippen molar-refractivity contribution in [2.24, 2.45) is 0 Å². The quantitative estimate of drug-likeness (QED) is 0.164. The van der Waals surface area contributed by atoms with Crippen LogP contribution in [0.1, 0.15) is 57.7 Å². The van der Waals surface area contributed by atoms with Gasteiger partial charge in [-0.25, -0.2) is 4.98 Å². The first-order valence-corrected chi connectivity index (χ1v) is 15.1. The number of hydrogen-bond donors (Lipinski definition) is 4. The maximum Gasteiger partial charge on any atom is 0.275 e.